The van der Waals surface area contributed by atoms with Gasteiger partial charge in [-0.25, -0.2) is 4.98 Å². The van der Waals surface area contributed by atoms with Gasteiger partial charge in [0, 0.05) is 6.54 Å². The van der Waals surface area contributed by atoms with Crippen molar-refractivity contribution in [3.63, 3.8) is 0 Å². The monoisotopic (exact) mass is 294 g/mol. The quantitative estimate of drug-likeness (QED) is 0.754. The number of fused-ring (bicyclic) bond motifs is 1. The Morgan fingerprint density at radius 1 is 1.41 bits per heavy atom. The Labute approximate surface area is 111 Å². The molecule has 17 heavy (non-hydrogen) atoms. The Morgan fingerprint density at radius 2 is 2.18 bits per heavy atom. The van der Waals surface area contributed by atoms with Gasteiger partial charge in [0.15, 0.2) is 0 Å². The van der Waals surface area contributed by atoms with E-state index in [1.54, 1.807) is 0 Å². The van der Waals surface area contributed by atoms with Gasteiger partial charge in [0.25, 0.3) is 0 Å². The smallest absolute Gasteiger partial charge is 0.123 e. The molecule has 1 aromatic carbocycles. The number of hydrogen-bond acceptors (Lipinski definition) is 1. The zero-order valence-electron chi connectivity index (χ0n) is 10.7. The highest BCUT2D eigenvalue weighted by Gasteiger charge is 2.13. The molecule has 3 heteroatoms. The first-order valence-corrected chi connectivity index (χ1v) is 7.16. The van der Waals surface area contributed by atoms with Crippen molar-refractivity contribution in [2.45, 2.75) is 45.0 Å². The molecular formula is C14H19BrN2. The van der Waals surface area contributed by atoms with Crippen LogP contribution >= 0.6 is 15.9 Å². The maximum Gasteiger partial charge on any atom is 0.123 e. The van der Waals surface area contributed by atoms with E-state index < -0.39 is 0 Å². The highest BCUT2D eigenvalue weighted by molar-refractivity contribution is 9.09. The summed E-state index contributed by atoms with van der Waals surface area (Å²) in [6, 6.07) is 6.51. The number of nitrogens with zero attached hydrogens (tertiary/aromatic N) is 2. The second kappa shape index (κ2) is 5.21. The maximum atomic E-state index is 4.74. The Kier molecular flexibility index (Phi) is 3.87. The van der Waals surface area contributed by atoms with Gasteiger partial charge in [-0.05, 0) is 38.0 Å². The van der Waals surface area contributed by atoms with Crippen LogP contribution in [0.4, 0.5) is 0 Å². The van der Waals surface area contributed by atoms with E-state index in [0.717, 1.165) is 17.9 Å². The number of benzene rings is 1. The molecule has 0 spiro atoms. The number of hydrogen-bond donors (Lipinski definition) is 0. The van der Waals surface area contributed by atoms with E-state index in [-0.39, 0.29) is 0 Å². The fraction of sp³-hybridized carbons (Fsp3) is 0.500. The average molecular weight is 295 g/mol. The lowest BCUT2D eigenvalue weighted by molar-refractivity contribution is 0.619. The van der Waals surface area contributed by atoms with Crippen LogP contribution in [0, 0.1) is 6.92 Å². The summed E-state index contributed by atoms with van der Waals surface area (Å²) in [6.07, 6.45) is 2.41. The van der Waals surface area contributed by atoms with Crippen molar-refractivity contribution in [1.82, 2.24) is 9.55 Å². The largest absolute Gasteiger partial charge is 0.327 e. The molecule has 0 bridgehead atoms. The van der Waals surface area contributed by atoms with Gasteiger partial charge in [-0.2, -0.15) is 0 Å². The Morgan fingerprint density at radius 3 is 2.82 bits per heavy atom. The molecule has 0 amide bonds. The van der Waals surface area contributed by atoms with Crippen LogP contribution in [0.1, 0.15) is 42.9 Å². The first-order chi connectivity index (χ1) is 8.13. The van der Waals surface area contributed by atoms with E-state index in [1.165, 1.54) is 23.9 Å². The van der Waals surface area contributed by atoms with E-state index in [2.05, 4.69) is 59.5 Å². The van der Waals surface area contributed by atoms with E-state index in [9.17, 15) is 0 Å². The van der Waals surface area contributed by atoms with Crippen molar-refractivity contribution in [2.75, 3.05) is 0 Å². The summed E-state index contributed by atoms with van der Waals surface area (Å²) in [5, 5.41) is 0. The third-order valence-corrected chi connectivity index (χ3v) is 3.43. The molecule has 0 saturated carbocycles. The number of aryl methyl sites for hydroxylation is 2. The SMILES string of the molecule is CCCCn1c(C(C)Br)nc2cc(C)ccc21. The zero-order chi connectivity index (χ0) is 12.4. The minimum atomic E-state index is 0.298. The highest BCUT2D eigenvalue weighted by atomic mass is 79.9. The first-order valence-electron chi connectivity index (χ1n) is 6.24. The number of halogens is 1. The Balaban J connectivity index is 2.54. The fourth-order valence-corrected chi connectivity index (χ4v) is 2.46. The van der Waals surface area contributed by atoms with Gasteiger partial charge in [0.1, 0.15) is 5.82 Å². The normalized spacial score (nSPS) is 13.2. The molecule has 1 aromatic heterocycles. The summed E-state index contributed by atoms with van der Waals surface area (Å²) < 4.78 is 2.34. The minimum Gasteiger partial charge on any atom is -0.327 e. The summed E-state index contributed by atoms with van der Waals surface area (Å²) in [5.41, 5.74) is 3.64. The summed E-state index contributed by atoms with van der Waals surface area (Å²) >= 11 is 3.64. The fourth-order valence-electron chi connectivity index (χ4n) is 2.11. The molecule has 92 valence electrons. The van der Waals surface area contributed by atoms with Gasteiger partial charge >= 0.3 is 0 Å². The second-order valence-corrected chi connectivity index (χ2v) is 5.96. The number of aromatic nitrogens is 2. The van der Waals surface area contributed by atoms with Crippen molar-refractivity contribution >= 4 is 27.0 Å². The van der Waals surface area contributed by atoms with Crippen molar-refractivity contribution in [1.29, 1.82) is 0 Å². The number of rotatable bonds is 4. The number of imidazole rings is 1. The van der Waals surface area contributed by atoms with E-state index >= 15 is 0 Å². The van der Waals surface area contributed by atoms with Crippen LogP contribution < -0.4 is 0 Å². The third kappa shape index (κ3) is 2.54. The van der Waals surface area contributed by atoms with E-state index in [0.29, 0.717) is 4.83 Å². The molecule has 0 aliphatic rings. The molecule has 0 radical (unpaired) electrons. The number of alkyl halides is 1. The van der Waals surface area contributed by atoms with Gasteiger partial charge < -0.3 is 4.57 Å². The van der Waals surface area contributed by atoms with Gasteiger partial charge in [-0.3, -0.25) is 0 Å². The molecule has 2 nitrogen and oxygen atoms in total. The highest BCUT2D eigenvalue weighted by Crippen LogP contribution is 2.26. The van der Waals surface area contributed by atoms with Crippen LogP contribution in [0.25, 0.3) is 11.0 Å². The predicted octanol–water partition coefficient (Wildman–Crippen LogP) is 4.60. The maximum absolute atomic E-state index is 4.74. The Hall–Kier alpha value is -0.830. The van der Waals surface area contributed by atoms with Crippen molar-refractivity contribution in [3.8, 4) is 0 Å². The van der Waals surface area contributed by atoms with Crippen LogP contribution in [-0.2, 0) is 6.54 Å². The molecule has 0 fully saturated rings. The topological polar surface area (TPSA) is 17.8 Å². The molecule has 0 aliphatic heterocycles. The lowest BCUT2D eigenvalue weighted by Gasteiger charge is -2.09. The van der Waals surface area contributed by atoms with E-state index in [4.69, 9.17) is 4.98 Å². The van der Waals surface area contributed by atoms with Crippen LogP contribution in [0.15, 0.2) is 18.2 Å². The summed E-state index contributed by atoms with van der Waals surface area (Å²) in [5.74, 6) is 1.14. The molecule has 1 heterocycles. The van der Waals surface area contributed by atoms with Crippen molar-refractivity contribution < 1.29 is 0 Å². The molecule has 1 unspecified atom stereocenters. The molecule has 2 rings (SSSR count). The van der Waals surface area contributed by atoms with Crippen molar-refractivity contribution in [3.05, 3.63) is 29.6 Å². The predicted molar refractivity (Wildman–Crippen MR) is 76.7 cm³/mol. The van der Waals surface area contributed by atoms with Gasteiger partial charge in [-0.15, -0.1) is 0 Å². The second-order valence-electron chi connectivity index (χ2n) is 4.58. The third-order valence-electron chi connectivity index (χ3n) is 3.02. The average Bonchev–Trinajstić information content (AvgIpc) is 2.64. The molecule has 0 aliphatic carbocycles. The summed E-state index contributed by atoms with van der Waals surface area (Å²) in [6.45, 7) is 7.53. The molecule has 1 atom stereocenters. The lowest BCUT2D eigenvalue weighted by Crippen LogP contribution is -2.04. The van der Waals surface area contributed by atoms with Crippen LogP contribution in [-0.4, -0.2) is 9.55 Å². The van der Waals surface area contributed by atoms with Gasteiger partial charge in [-0.1, -0.05) is 35.3 Å². The van der Waals surface area contributed by atoms with Crippen LogP contribution in [0.2, 0.25) is 0 Å². The molecule has 0 N–H and O–H groups in total. The minimum absolute atomic E-state index is 0.298. The molecule has 0 saturated heterocycles. The lowest BCUT2D eigenvalue weighted by atomic mass is 10.2. The summed E-state index contributed by atoms with van der Waals surface area (Å²) in [4.78, 5) is 5.04. The first kappa shape index (κ1) is 12.6. The van der Waals surface area contributed by atoms with Crippen LogP contribution in [0.3, 0.4) is 0 Å². The Bertz CT molecular complexity index is 514. The van der Waals surface area contributed by atoms with Crippen molar-refractivity contribution in [2.24, 2.45) is 0 Å². The zero-order valence-corrected chi connectivity index (χ0v) is 12.3. The molecule has 2 aromatic rings. The van der Waals surface area contributed by atoms with Gasteiger partial charge in [0.05, 0.1) is 15.9 Å². The molecular weight excluding hydrogens is 276 g/mol. The van der Waals surface area contributed by atoms with Gasteiger partial charge in [0.2, 0.25) is 0 Å². The van der Waals surface area contributed by atoms with Crippen LogP contribution in [0.5, 0.6) is 0 Å². The number of unbranched alkanes of at least 4 members (excludes halogenated alkanes) is 1. The summed E-state index contributed by atoms with van der Waals surface area (Å²) in [7, 11) is 0. The standard InChI is InChI=1S/C14H19BrN2/c1-4-5-8-17-13-7-6-10(2)9-12(13)16-14(17)11(3)15/h6-7,9,11H,4-5,8H2,1-3H3. The van der Waals surface area contributed by atoms with E-state index in [1.807, 2.05) is 0 Å².